The molecule has 1 heterocycles. The van der Waals surface area contributed by atoms with Crippen molar-refractivity contribution in [2.45, 2.75) is 0 Å². The Bertz CT molecular complexity index is 278. The lowest BCUT2D eigenvalue weighted by Crippen LogP contribution is -2.23. The molecule has 0 aliphatic carbocycles. The minimum atomic E-state index is 0.795. The van der Waals surface area contributed by atoms with Crippen LogP contribution in [-0.2, 0) is 7.05 Å². The van der Waals surface area contributed by atoms with Crippen molar-refractivity contribution in [2.24, 2.45) is 7.05 Å². The van der Waals surface area contributed by atoms with Gasteiger partial charge in [0.2, 0.25) is 0 Å². The van der Waals surface area contributed by atoms with Crippen LogP contribution in [0, 0.1) is 0 Å². The summed E-state index contributed by atoms with van der Waals surface area (Å²) in [4.78, 5) is 2.10. The second-order valence-electron chi connectivity index (χ2n) is 2.83. The van der Waals surface area contributed by atoms with Gasteiger partial charge in [0.15, 0.2) is 5.82 Å². The maximum Gasteiger partial charge on any atom is 0.151 e. The molecule has 0 radical (unpaired) electrons. The Balaban J connectivity index is 2.74. The van der Waals surface area contributed by atoms with Crippen LogP contribution in [0.2, 0.25) is 0 Å². The van der Waals surface area contributed by atoms with E-state index in [1.165, 1.54) is 0 Å². The lowest BCUT2D eigenvalue weighted by atomic mass is 10.4. The van der Waals surface area contributed by atoms with Gasteiger partial charge < -0.3 is 4.90 Å². The predicted octanol–water partition coefficient (Wildman–Crippen LogP) is 1.60. The van der Waals surface area contributed by atoms with Crippen molar-refractivity contribution in [3.8, 4) is 0 Å². The number of hydrogen-bond acceptors (Lipinski definition) is 2. The van der Waals surface area contributed by atoms with E-state index in [0.717, 1.165) is 18.9 Å². The highest BCUT2D eigenvalue weighted by atomic mass is 15.3. The van der Waals surface area contributed by atoms with Crippen LogP contribution in [0.1, 0.15) is 0 Å². The van der Waals surface area contributed by atoms with Gasteiger partial charge in [0.05, 0.1) is 0 Å². The van der Waals surface area contributed by atoms with Crippen molar-refractivity contribution >= 4 is 5.82 Å². The summed E-state index contributed by atoms with van der Waals surface area (Å²) in [6.07, 6.45) is 5.64. The Kier molecular flexibility index (Phi) is 3.31. The highest BCUT2D eigenvalue weighted by Gasteiger charge is 2.04. The van der Waals surface area contributed by atoms with E-state index in [1.54, 1.807) is 4.68 Å². The van der Waals surface area contributed by atoms with E-state index in [1.807, 2.05) is 31.5 Å². The molecule has 0 unspecified atom stereocenters. The zero-order valence-corrected chi connectivity index (χ0v) is 7.98. The first-order chi connectivity index (χ1) is 6.27. The predicted molar refractivity (Wildman–Crippen MR) is 55.8 cm³/mol. The molecule has 0 saturated heterocycles. The van der Waals surface area contributed by atoms with E-state index in [9.17, 15) is 0 Å². The van der Waals surface area contributed by atoms with E-state index < -0.39 is 0 Å². The van der Waals surface area contributed by atoms with Crippen molar-refractivity contribution in [3.05, 3.63) is 37.6 Å². The maximum atomic E-state index is 4.30. The second kappa shape index (κ2) is 4.50. The fraction of sp³-hybridized carbons (Fsp3) is 0.300. The molecule has 0 aliphatic heterocycles. The first-order valence-electron chi connectivity index (χ1n) is 4.24. The van der Waals surface area contributed by atoms with Crippen molar-refractivity contribution in [3.63, 3.8) is 0 Å². The minimum absolute atomic E-state index is 0.795. The van der Waals surface area contributed by atoms with Crippen LogP contribution in [0.3, 0.4) is 0 Å². The Hall–Kier alpha value is -1.51. The molecule has 13 heavy (non-hydrogen) atoms. The number of nitrogens with zero attached hydrogens (tertiary/aromatic N) is 3. The fourth-order valence-electron chi connectivity index (χ4n) is 1.14. The lowest BCUT2D eigenvalue weighted by Gasteiger charge is -2.17. The van der Waals surface area contributed by atoms with Gasteiger partial charge in [-0.3, -0.25) is 4.68 Å². The number of rotatable bonds is 5. The zero-order valence-electron chi connectivity index (χ0n) is 7.98. The van der Waals surface area contributed by atoms with Gasteiger partial charge in [-0.05, 0) is 0 Å². The van der Waals surface area contributed by atoms with Crippen LogP contribution in [0.5, 0.6) is 0 Å². The van der Waals surface area contributed by atoms with Crippen LogP contribution >= 0.6 is 0 Å². The Morgan fingerprint density at radius 2 is 2.08 bits per heavy atom. The van der Waals surface area contributed by atoms with Crippen LogP contribution in [0.4, 0.5) is 5.82 Å². The molecule has 1 aromatic heterocycles. The van der Waals surface area contributed by atoms with E-state index in [0.29, 0.717) is 0 Å². The van der Waals surface area contributed by atoms with Crippen LogP contribution in [-0.4, -0.2) is 22.9 Å². The van der Waals surface area contributed by atoms with E-state index >= 15 is 0 Å². The first-order valence-corrected chi connectivity index (χ1v) is 4.24. The molecule has 3 heteroatoms. The smallest absolute Gasteiger partial charge is 0.151 e. The van der Waals surface area contributed by atoms with Gasteiger partial charge in [0, 0.05) is 32.4 Å². The first kappa shape index (κ1) is 9.58. The molecule has 0 aliphatic rings. The molecule has 0 amide bonds. The topological polar surface area (TPSA) is 21.1 Å². The molecule has 3 nitrogen and oxygen atoms in total. The Morgan fingerprint density at radius 1 is 1.46 bits per heavy atom. The SMILES string of the molecule is C=CCN(CC=C)c1ccn(C)n1. The van der Waals surface area contributed by atoms with Gasteiger partial charge in [-0.25, -0.2) is 0 Å². The molecule has 70 valence electrons. The summed E-state index contributed by atoms with van der Waals surface area (Å²) in [5.74, 6) is 0.960. The molecular formula is C10H15N3. The molecule has 0 spiro atoms. The van der Waals surface area contributed by atoms with Gasteiger partial charge in [0.25, 0.3) is 0 Å². The number of aryl methyl sites for hydroxylation is 1. The van der Waals surface area contributed by atoms with Crippen LogP contribution in [0.15, 0.2) is 37.6 Å². The third-order valence-corrected chi connectivity index (χ3v) is 1.72. The Labute approximate surface area is 79.0 Å². The minimum Gasteiger partial charge on any atom is -0.348 e. The quantitative estimate of drug-likeness (QED) is 0.637. The molecule has 1 aromatic rings. The average molecular weight is 177 g/mol. The highest BCUT2D eigenvalue weighted by Crippen LogP contribution is 2.09. The standard InChI is InChI=1S/C10H15N3/c1-4-7-13(8-5-2)10-6-9-12(3)11-10/h4-6,9H,1-2,7-8H2,3H3. The number of hydrogen-bond donors (Lipinski definition) is 0. The van der Waals surface area contributed by atoms with E-state index in [4.69, 9.17) is 0 Å². The highest BCUT2D eigenvalue weighted by molar-refractivity contribution is 5.38. The molecule has 1 rings (SSSR count). The van der Waals surface area contributed by atoms with Gasteiger partial charge in [0.1, 0.15) is 0 Å². The summed E-state index contributed by atoms with van der Waals surface area (Å²) in [7, 11) is 1.91. The molecular weight excluding hydrogens is 162 g/mol. The monoisotopic (exact) mass is 177 g/mol. The van der Waals surface area contributed by atoms with Gasteiger partial charge in [-0.1, -0.05) is 12.2 Å². The largest absolute Gasteiger partial charge is 0.348 e. The third kappa shape index (κ3) is 2.47. The third-order valence-electron chi connectivity index (χ3n) is 1.72. The van der Waals surface area contributed by atoms with E-state index in [2.05, 4.69) is 23.2 Å². The molecule has 0 N–H and O–H groups in total. The second-order valence-corrected chi connectivity index (χ2v) is 2.83. The molecule has 0 aromatic carbocycles. The van der Waals surface area contributed by atoms with Crippen molar-refractivity contribution < 1.29 is 0 Å². The van der Waals surface area contributed by atoms with Crippen LogP contribution < -0.4 is 4.90 Å². The summed E-state index contributed by atoms with van der Waals surface area (Å²) < 4.78 is 1.79. The summed E-state index contributed by atoms with van der Waals surface area (Å²) in [6, 6.07) is 1.98. The normalized spacial score (nSPS) is 9.62. The fourth-order valence-corrected chi connectivity index (χ4v) is 1.14. The zero-order chi connectivity index (χ0) is 9.68. The van der Waals surface area contributed by atoms with Crippen LogP contribution in [0.25, 0.3) is 0 Å². The van der Waals surface area contributed by atoms with Crippen molar-refractivity contribution in [1.29, 1.82) is 0 Å². The van der Waals surface area contributed by atoms with Crippen molar-refractivity contribution in [1.82, 2.24) is 9.78 Å². The van der Waals surface area contributed by atoms with Gasteiger partial charge in [-0.2, -0.15) is 5.10 Å². The Morgan fingerprint density at radius 3 is 2.46 bits per heavy atom. The number of aromatic nitrogens is 2. The summed E-state index contributed by atoms with van der Waals surface area (Å²) in [6.45, 7) is 9.00. The summed E-state index contributed by atoms with van der Waals surface area (Å²) >= 11 is 0. The lowest BCUT2D eigenvalue weighted by molar-refractivity contribution is 0.754. The molecule has 0 saturated carbocycles. The van der Waals surface area contributed by atoms with Gasteiger partial charge in [-0.15, -0.1) is 13.2 Å². The number of anilines is 1. The van der Waals surface area contributed by atoms with E-state index in [-0.39, 0.29) is 0 Å². The molecule has 0 bridgehead atoms. The summed E-state index contributed by atoms with van der Waals surface area (Å²) in [5, 5.41) is 4.30. The summed E-state index contributed by atoms with van der Waals surface area (Å²) in [5.41, 5.74) is 0. The average Bonchev–Trinajstić information content (AvgIpc) is 2.51. The molecule has 0 fully saturated rings. The molecule has 0 atom stereocenters. The van der Waals surface area contributed by atoms with Crippen molar-refractivity contribution in [2.75, 3.05) is 18.0 Å². The van der Waals surface area contributed by atoms with Gasteiger partial charge >= 0.3 is 0 Å². The maximum absolute atomic E-state index is 4.30.